The van der Waals surface area contributed by atoms with Gasteiger partial charge in [-0.2, -0.15) is 0 Å². The molecule has 0 aliphatic heterocycles. The minimum Gasteiger partial charge on any atom is -0.399 e. The molecule has 0 radical (unpaired) electrons. The number of nitrogens with zero attached hydrogens (tertiary/aromatic N) is 1. The second-order valence-corrected chi connectivity index (χ2v) is 5.11. The Morgan fingerprint density at radius 2 is 1.59 bits per heavy atom. The predicted octanol–water partition coefficient (Wildman–Crippen LogP) is 3.92. The van der Waals surface area contributed by atoms with E-state index in [2.05, 4.69) is 44.7 Å². The number of hydrogen-bond donors (Lipinski definition) is 1. The molecule has 0 aliphatic carbocycles. The van der Waals surface area contributed by atoms with Crippen LogP contribution in [-0.4, -0.2) is 12.6 Å². The Morgan fingerprint density at radius 3 is 2.00 bits per heavy atom. The molecule has 0 amide bonds. The second kappa shape index (κ2) is 6.53. The van der Waals surface area contributed by atoms with Crippen molar-refractivity contribution in [1.82, 2.24) is 0 Å². The Bertz CT molecular complexity index is 312. The molecule has 17 heavy (non-hydrogen) atoms. The fourth-order valence-electron chi connectivity index (χ4n) is 2.25. The van der Waals surface area contributed by atoms with Gasteiger partial charge in [-0.25, -0.2) is 0 Å². The van der Waals surface area contributed by atoms with Crippen LogP contribution in [0.5, 0.6) is 0 Å². The lowest BCUT2D eigenvalue weighted by Gasteiger charge is -2.34. The number of rotatable bonds is 6. The molecule has 1 aromatic rings. The van der Waals surface area contributed by atoms with Gasteiger partial charge in [0.1, 0.15) is 0 Å². The Kier molecular flexibility index (Phi) is 5.33. The molecule has 0 spiro atoms. The van der Waals surface area contributed by atoms with Crippen molar-refractivity contribution in [3.63, 3.8) is 0 Å². The summed E-state index contributed by atoms with van der Waals surface area (Å²) >= 11 is 0. The normalized spacial score (nSPS) is 11.2. The molecule has 2 N–H and O–H groups in total. The molecule has 1 rings (SSSR count). The highest BCUT2D eigenvalue weighted by molar-refractivity contribution is 5.53. The maximum atomic E-state index is 5.75. The molecule has 0 saturated carbocycles. The molecule has 1 aromatic carbocycles. The summed E-state index contributed by atoms with van der Waals surface area (Å²) in [5.41, 5.74) is 7.88. The number of anilines is 2. The van der Waals surface area contributed by atoms with Crippen molar-refractivity contribution in [3.8, 4) is 0 Å². The van der Waals surface area contributed by atoms with Crippen LogP contribution in [0.3, 0.4) is 0 Å². The van der Waals surface area contributed by atoms with Crippen LogP contribution < -0.4 is 10.6 Å². The van der Waals surface area contributed by atoms with E-state index >= 15 is 0 Å². The molecule has 0 bridgehead atoms. The zero-order valence-electron chi connectivity index (χ0n) is 11.6. The molecule has 0 aliphatic rings. The van der Waals surface area contributed by atoms with Crippen LogP contribution in [0.1, 0.15) is 40.5 Å². The van der Waals surface area contributed by atoms with E-state index in [1.54, 1.807) is 0 Å². The second-order valence-electron chi connectivity index (χ2n) is 5.11. The van der Waals surface area contributed by atoms with E-state index in [9.17, 15) is 0 Å². The summed E-state index contributed by atoms with van der Waals surface area (Å²) in [4.78, 5) is 2.52. The third-order valence-corrected chi connectivity index (χ3v) is 3.17. The molecule has 0 fully saturated rings. The predicted molar refractivity (Wildman–Crippen MR) is 77.4 cm³/mol. The third kappa shape index (κ3) is 3.95. The quantitative estimate of drug-likeness (QED) is 0.756. The Balaban J connectivity index is 2.92. The van der Waals surface area contributed by atoms with Crippen LogP contribution in [0, 0.1) is 5.92 Å². The largest absolute Gasteiger partial charge is 0.399 e. The fraction of sp³-hybridized carbons (Fsp3) is 0.600. The molecule has 0 heterocycles. The van der Waals surface area contributed by atoms with E-state index in [1.165, 1.54) is 18.5 Å². The van der Waals surface area contributed by atoms with Gasteiger partial charge in [-0.15, -0.1) is 0 Å². The summed E-state index contributed by atoms with van der Waals surface area (Å²) in [6.07, 6.45) is 2.38. The van der Waals surface area contributed by atoms with E-state index in [-0.39, 0.29) is 0 Å². The molecule has 0 aromatic heterocycles. The van der Waals surface area contributed by atoms with Crippen molar-refractivity contribution in [3.05, 3.63) is 24.3 Å². The molecule has 2 nitrogen and oxygen atoms in total. The smallest absolute Gasteiger partial charge is 0.0370 e. The lowest BCUT2D eigenvalue weighted by molar-refractivity contribution is 0.507. The van der Waals surface area contributed by atoms with Gasteiger partial charge in [-0.3, -0.25) is 0 Å². The van der Waals surface area contributed by atoms with Crippen molar-refractivity contribution >= 4 is 11.4 Å². The van der Waals surface area contributed by atoms with E-state index in [4.69, 9.17) is 5.73 Å². The van der Waals surface area contributed by atoms with Gasteiger partial charge in [-0.05, 0) is 43.0 Å². The number of nitrogen functional groups attached to an aromatic ring is 1. The van der Waals surface area contributed by atoms with Crippen LogP contribution in [0.2, 0.25) is 0 Å². The summed E-state index contributed by atoms with van der Waals surface area (Å²) in [5.74, 6) is 0.674. The molecule has 0 saturated heterocycles. The Morgan fingerprint density at radius 1 is 1.06 bits per heavy atom. The van der Waals surface area contributed by atoms with Crippen LogP contribution >= 0.6 is 0 Å². The topological polar surface area (TPSA) is 29.3 Å². The van der Waals surface area contributed by atoms with Gasteiger partial charge >= 0.3 is 0 Å². The summed E-state index contributed by atoms with van der Waals surface area (Å²) in [7, 11) is 0. The highest BCUT2D eigenvalue weighted by Crippen LogP contribution is 2.23. The van der Waals surface area contributed by atoms with Crippen molar-refractivity contribution in [1.29, 1.82) is 0 Å². The minimum atomic E-state index is 0.626. The first-order valence-corrected chi connectivity index (χ1v) is 6.70. The van der Waals surface area contributed by atoms with Gasteiger partial charge in [0.15, 0.2) is 0 Å². The first-order chi connectivity index (χ1) is 8.08. The first-order valence-electron chi connectivity index (χ1n) is 6.70. The summed E-state index contributed by atoms with van der Waals surface area (Å²) in [6.45, 7) is 10.2. The molecular weight excluding hydrogens is 208 g/mol. The maximum Gasteiger partial charge on any atom is 0.0370 e. The summed E-state index contributed by atoms with van der Waals surface area (Å²) in [6, 6.07) is 8.88. The Labute approximate surface area is 106 Å². The third-order valence-electron chi connectivity index (χ3n) is 3.17. The lowest BCUT2D eigenvalue weighted by atomic mass is 10.1. The highest BCUT2D eigenvalue weighted by Gasteiger charge is 2.16. The standard InChI is InChI=1S/C15H26N2/c1-5-14(6-2)17(11-12(3)4)15-9-7-13(16)8-10-15/h7-10,12,14H,5-6,11,16H2,1-4H3. The average Bonchev–Trinajstić information content (AvgIpc) is 2.30. The molecular formula is C15H26N2. The number of nitrogens with two attached hydrogens (primary N) is 1. The van der Waals surface area contributed by atoms with Gasteiger partial charge < -0.3 is 10.6 Å². The van der Waals surface area contributed by atoms with Crippen molar-refractivity contribution in [2.24, 2.45) is 5.92 Å². The van der Waals surface area contributed by atoms with Crippen molar-refractivity contribution in [2.75, 3.05) is 17.2 Å². The van der Waals surface area contributed by atoms with Gasteiger partial charge in [-0.1, -0.05) is 27.7 Å². The summed E-state index contributed by atoms with van der Waals surface area (Å²) in [5, 5.41) is 0. The van der Waals surface area contributed by atoms with Crippen molar-refractivity contribution in [2.45, 2.75) is 46.6 Å². The van der Waals surface area contributed by atoms with Crippen LogP contribution in [0.4, 0.5) is 11.4 Å². The van der Waals surface area contributed by atoms with E-state index in [1.807, 2.05) is 12.1 Å². The van der Waals surface area contributed by atoms with E-state index in [0.29, 0.717) is 12.0 Å². The van der Waals surface area contributed by atoms with Gasteiger partial charge in [0.25, 0.3) is 0 Å². The maximum absolute atomic E-state index is 5.75. The van der Waals surface area contributed by atoms with Crippen LogP contribution in [0.15, 0.2) is 24.3 Å². The van der Waals surface area contributed by atoms with Gasteiger partial charge in [0.2, 0.25) is 0 Å². The molecule has 0 unspecified atom stereocenters. The highest BCUT2D eigenvalue weighted by atomic mass is 15.2. The summed E-state index contributed by atoms with van der Waals surface area (Å²) < 4.78 is 0. The number of benzene rings is 1. The minimum absolute atomic E-state index is 0.626. The van der Waals surface area contributed by atoms with E-state index in [0.717, 1.165) is 12.2 Å². The van der Waals surface area contributed by atoms with Crippen LogP contribution in [0.25, 0.3) is 0 Å². The van der Waals surface area contributed by atoms with Crippen LogP contribution in [-0.2, 0) is 0 Å². The average molecular weight is 234 g/mol. The molecule has 2 heteroatoms. The zero-order valence-corrected chi connectivity index (χ0v) is 11.6. The monoisotopic (exact) mass is 234 g/mol. The Hall–Kier alpha value is -1.18. The van der Waals surface area contributed by atoms with Crippen molar-refractivity contribution < 1.29 is 0 Å². The zero-order chi connectivity index (χ0) is 12.8. The number of hydrogen-bond acceptors (Lipinski definition) is 2. The fourth-order valence-corrected chi connectivity index (χ4v) is 2.25. The lowest BCUT2D eigenvalue weighted by Crippen LogP contribution is -2.37. The van der Waals surface area contributed by atoms with Gasteiger partial charge in [0.05, 0.1) is 0 Å². The van der Waals surface area contributed by atoms with E-state index < -0.39 is 0 Å². The molecule has 96 valence electrons. The first kappa shape index (κ1) is 13.9. The van der Waals surface area contributed by atoms with Gasteiger partial charge in [0, 0.05) is 24.0 Å². The SMILES string of the molecule is CCC(CC)N(CC(C)C)c1ccc(N)cc1. The molecule has 0 atom stereocenters.